The van der Waals surface area contributed by atoms with Gasteiger partial charge in [0.15, 0.2) is 0 Å². The Balaban J connectivity index is 0.00000361. The van der Waals surface area contributed by atoms with E-state index in [2.05, 4.69) is 5.32 Å². The van der Waals surface area contributed by atoms with Gasteiger partial charge in [0.25, 0.3) is 0 Å². The summed E-state index contributed by atoms with van der Waals surface area (Å²) in [6.45, 7) is 0.432. The van der Waals surface area contributed by atoms with Crippen molar-refractivity contribution >= 4 is 24.2 Å². The molecular weight excluding hydrogens is 299 g/mol. The third-order valence-corrected chi connectivity index (χ3v) is 2.74. The molecule has 2 unspecified atom stereocenters. The molecule has 1 heterocycles. The summed E-state index contributed by atoms with van der Waals surface area (Å²) in [5, 5.41) is 2.44. The minimum Gasteiger partial charge on any atom is -0.344 e. The fourth-order valence-electron chi connectivity index (χ4n) is 1.99. The second-order valence-electron chi connectivity index (χ2n) is 4.82. The lowest BCUT2D eigenvalue weighted by Gasteiger charge is -2.33. The van der Waals surface area contributed by atoms with E-state index in [0.717, 1.165) is 4.90 Å². The molecule has 0 aliphatic carbocycles. The molecule has 1 aliphatic rings. The summed E-state index contributed by atoms with van der Waals surface area (Å²) in [5.74, 6) is -1.09. The molecular formula is C11H19ClF3N3O2. The summed E-state index contributed by atoms with van der Waals surface area (Å²) in [7, 11) is 0. The second kappa shape index (κ2) is 7.68. The number of nitrogens with one attached hydrogen (secondary N) is 1. The van der Waals surface area contributed by atoms with E-state index >= 15 is 0 Å². The smallest absolute Gasteiger partial charge is 0.344 e. The molecule has 0 aromatic rings. The number of nitrogens with zero attached hydrogens (tertiary/aromatic N) is 1. The number of halogens is 4. The molecule has 3 N–H and O–H groups in total. The van der Waals surface area contributed by atoms with Crippen LogP contribution in [0.4, 0.5) is 13.2 Å². The third-order valence-electron chi connectivity index (χ3n) is 2.74. The van der Waals surface area contributed by atoms with Gasteiger partial charge in [0.05, 0.1) is 0 Å². The molecule has 0 aromatic carbocycles. The molecule has 1 fully saturated rings. The lowest BCUT2D eigenvalue weighted by Crippen LogP contribution is -2.54. The molecule has 2 amide bonds. The fraction of sp³-hybridized carbons (Fsp3) is 0.818. The van der Waals surface area contributed by atoms with Gasteiger partial charge in [-0.2, -0.15) is 13.2 Å². The van der Waals surface area contributed by atoms with E-state index in [1.807, 2.05) is 0 Å². The Kier molecular flexibility index (Phi) is 7.29. The first-order chi connectivity index (χ1) is 8.69. The number of rotatable bonds is 4. The Morgan fingerprint density at radius 1 is 1.55 bits per heavy atom. The summed E-state index contributed by atoms with van der Waals surface area (Å²) >= 11 is 0. The molecule has 1 aliphatic heterocycles. The minimum absolute atomic E-state index is 0. The van der Waals surface area contributed by atoms with Crippen LogP contribution in [0.15, 0.2) is 0 Å². The van der Waals surface area contributed by atoms with Gasteiger partial charge in [-0.1, -0.05) is 0 Å². The molecule has 0 bridgehead atoms. The van der Waals surface area contributed by atoms with Gasteiger partial charge in [0.2, 0.25) is 11.8 Å². The molecule has 1 saturated heterocycles. The molecule has 1 rings (SSSR count). The first kappa shape index (κ1) is 19.0. The first-order valence-corrected chi connectivity index (χ1v) is 6.09. The lowest BCUT2D eigenvalue weighted by atomic mass is 10.0. The number of piperidine rings is 1. The van der Waals surface area contributed by atoms with Gasteiger partial charge >= 0.3 is 6.18 Å². The average Bonchev–Trinajstić information content (AvgIpc) is 2.20. The fourth-order valence-corrected chi connectivity index (χ4v) is 1.99. The summed E-state index contributed by atoms with van der Waals surface area (Å²) in [6, 6.07) is -1.23. The number of likely N-dealkylation sites (tertiary alicyclic amines) is 1. The molecule has 0 aromatic heterocycles. The van der Waals surface area contributed by atoms with Crippen LogP contribution in [0.1, 0.15) is 26.2 Å². The second-order valence-corrected chi connectivity index (χ2v) is 4.82. The highest BCUT2D eigenvalue weighted by molar-refractivity contribution is 5.88. The number of hydrogen-bond acceptors (Lipinski definition) is 3. The predicted molar refractivity (Wildman–Crippen MR) is 69.3 cm³/mol. The van der Waals surface area contributed by atoms with Crippen molar-refractivity contribution < 1.29 is 22.8 Å². The number of amides is 2. The summed E-state index contributed by atoms with van der Waals surface area (Å²) in [5.41, 5.74) is 5.44. The molecule has 0 saturated carbocycles. The van der Waals surface area contributed by atoms with Crippen molar-refractivity contribution in [2.24, 2.45) is 5.73 Å². The average molecular weight is 318 g/mol. The molecule has 0 spiro atoms. The number of alkyl halides is 3. The Morgan fingerprint density at radius 3 is 2.65 bits per heavy atom. The van der Waals surface area contributed by atoms with Crippen molar-refractivity contribution in [1.82, 2.24) is 10.2 Å². The van der Waals surface area contributed by atoms with Gasteiger partial charge < -0.3 is 16.0 Å². The van der Waals surface area contributed by atoms with Crippen molar-refractivity contribution in [2.45, 2.75) is 44.4 Å². The lowest BCUT2D eigenvalue weighted by molar-refractivity contribution is -0.165. The van der Waals surface area contributed by atoms with E-state index in [0.29, 0.717) is 12.8 Å². The van der Waals surface area contributed by atoms with Gasteiger partial charge in [0.1, 0.15) is 12.6 Å². The summed E-state index contributed by atoms with van der Waals surface area (Å²) < 4.78 is 36.8. The van der Waals surface area contributed by atoms with Crippen molar-refractivity contribution in [3.63, 3.8) is 0 Å². The van der Waals surface area contributed by atoms with Crippen molar-refractivity contribution in [3.05, 3.63) is 0 Å². The SMILES string of the molecule is CC(N)CC(=O)NC1CCCN(CC(F)(F)F)C1=O.Cl. The van der Waals surface area contributed by atoms with Crippen LogP contribution in [0.3, 0.4) is 0 Å². The molecule has 118 valence electrons. The van der Waals surface area contributed by atoms with Crippen LogP contribution in [-0.4, -0.2) is 48.1 Å². The number of hydrogen-bond donors (Lipinski definition) is 2. The highest BCUT2D eigenvalue weighted by atomic mass is 35.5. The molecule has 2 atom stereocenters. The Morgan fingerprint density at radius 2 is 2.15 bits per heavy atom. The Bertz CT molecular complexity index is 350. The van der Waals surface area contributed by atoms with E-state index in [-0.39, 0.29) is 31.4 Å². The predicted octanol–water partition coefficient (Wildman–Crippen LogP) is 0.815. The first-order valence-electron chi connectivity index (χ1n) is 6.09. The molecule has 5 nitrogen and oxygen atoms in total. The Hall–Kier alpha value is -1.02. The van der Waals surface area contributed by atoms with E-state index in [1.165, 1.54) is 0 Å². The highest BCUT2D eigenvalue weighted by Crippen LogP contribution is 2.20. The van der Waals surface area contributed by atoms with Crippen molar-refractivity contribution in [3.8, 4) is 0 Å². The van der Waals surface area contributed by atoms with Crippen LogP contribution in [-0.2, 0) is 9.59 Å². The van der Waals surface area contributed by atoms with Crippen LogP contribution in [0, 0.1) is 0 Å². The monoisotopic (exact) mass is 317 g/mol. The quantitative estimate of drug-likeness (QED) is 0.806. The van der Waals surface area contributed by atoms with E-state index in [4.69, 9.17) is 5.73 Å². The van der Waals surface area contributed by atoms with E-state index in [9.17, 15) is 22.8 Å². The van der Waals surface area contributed by atoms with Gasteiger partial charge in [0, 0.05) is 19.0 Å². The summed E-state index contributed by atoms with van der Waals surface area (Å²) in [4.78, 5) is 24.0. The van der Waals surface area contributed by atoms with Crippen LogP contribution in [0.2, 0.25) is 0 Å². The van der Waals surface area contributed by atoms with Crippen LogP contribution in [0.25, 0.3) is 0 Å². The van der Waals surface area contributed by atoms with Crippen LogP contribution < -0.4 is 11.1 Å². The maximum atomic E-state index is 12.3. The molecule has 9 heteroatoms. The zero-order chi connectivity index (χ0) is 14.6. The zero-order valence-corrected chi connectivity index (χ0v) is 11.9. The highest BCUT2D eigenvalue weighted by Gasteiger charge is 2.37. The van der Waals surface area contributed by atoms with Gasteiger partial charge in [-0.15, -0.1) is 12.4 Å². The molecule has 0 radical (unpaired) electrons. The van der Waals surface area contributed by atoms with Gasteiger partial charge in [-0.25, -0.2) is 0 Å². The van der Waals surface area contributed by atoms with E-state index < -0.39 is 30.6 Å². The Labute approximate surface area is 121 Å². The van der Waals surface area contributed by atoms with Gasteiger partial charge in [-0.3, -0.25) is 9.59 Å². The van der Waals surface area contributed by atoms with Crippen LogP contribution >= 0.6 is 12.4 Å². The maximum Gasteiger partial charge on any atom is 0.406 e. The largest absolute Gasteiger partial charge is 0.406 e. The number of nitrogens with two attached hydrogens (primary N) is 1. The maximum absolute atomic E-state index is 12.3. The zero-order valence-electron chi connectivity index (χ0n) is 11.1. The summed E-state index contributed by atoms with van der Waals surface area (Å²) in [6.07, 6.45) is -3.58. The van der Waals surface area contributed by atoms with Crippen molar-refractivity contribution in [2.75, 3.05) is 13.1 Å². The van der Waals surface area contributed by atoms with Crippen LogP contribution in [0.5, 0.6) is 0 Å². The standard InChI is InChI=1S/C11H18F3N3O2.ClH/c1-7(15)5-9(18)16-8-3-2-4-17(10(8)19)6-11(12,13)14;/h7-8H,2-6,15H2,1H3,(H,16,18);1H. The topological polar surface area (TPSA) is 75.4 Å². The van der Waals surface area contributed by atoms with Gasteiger partial charge in [-0.05, 0) is 19.8 Å². The number of carbonyl (C=O) groups excluding carboxylic acids is 2. The molecule has 20 heavy (non-hydrogen) atoms. The third kappa shape index (κ3) is 6.42. The number of carbonyl (C=O) groups is 2. The van der Waals surface area contributed by atoms with Crippen molar-refractivity contribution in [1.29, 1.82) is 0 Å². The minimum atomic E-state index is -4.42. The van der Waals surface area contributed by atoms with E-state index in [1.54, 1.807) is 6.92 Å². The normalized spacial score (nSPS) is 21.1.